The van der Waals surface area contributed by atoms with Crippen molar-refractivity contribution in [1.82, 2.24) is 10.2 Å². The van der Waals surface area contributed by atoms with Gasteiger partial charge < -0.3 is 10.2 Å². The fourth-order valence-electron chi connectivity index (χ4n) is 4.74. The maximum absolute atomic E-state index is 14.3. The van der Waals surface area contributed by atoms with Crippen LogP contribution in [0.4, 0.5) is 19.3 Å². The van der Waals surface area contributed by atoms with Gasteiger partial charge in [0.05, 0.1) is 11.5 Å². The number of carbonyl (C=O) groups excluding carboxylic acids is 3. The Morgan fingerprint density at radius 1 is 1.19 bits per heavy atom. The Bertz CT molecular complexity index is 1060. The standard InChI is InChI=1S/C24H25F2N3O3/c1-2-24(12-11-21(30)28-22(24)31)15-5-8-17(9-6-15)27-23(32)29-13-3-4-20(29)18-10-7-16(25)14-19(18)26/h5-10,14,20H,2-4,11-13H2,1H3,(H,27,32)(H,28,30,31). The van der Waals surface area contributed by atoms with E-state index in [2.05, 4.69) is 10.6 Å². The second kappa shape index (κ2) is 8.68. The summed E-state index contributed by atoms with van der Waals surface area (Å²) in [7, 11) is 0. The summed E-state index contributed by atoms with van der Waals surface area (Å²) in [6.45, 7) is 2.38. The number of nitrogens with one attached hydrogen (secondary N) is 2. The van der Waals surface area contributed by atoms with Crippen molar-refractivity contribution in [2.45, 2.75) is 50.5 Å². The number of imide groups is 1. The highest BCUT2D eigenvalue weighted by Gasteiger charge is 2.42. The zero-order valence-corrected chi connectivity index (χ0v) is 17.8. The average molecular weight is 441 g/mol. The molecule has 2 aliphatic rings. The van der Waals surface area contributed by atoms with Crippen LogP contribution < -0.4 is 10.6 Å². The minimum Gasteiger partial charge on any atom is -0.317 e. The summed E-state index contributed by atoms with van der Waals surface area (Å²) >= 11 is 0. The Labute approximate surface area is 185 Å². The first kappa shape index (κ1) is 21.9. The molecule has 2 atom stereocenters. The third-order valence-corrected chi connectivity index (χ3v) is 6.59. The predicted molar refractivity (Wildman–Crippen MR) is 115 cm³/mol. The van der Waals surface area contributed by atoms with E-state index in [-0.39, 0.29) is 24.3 Å². The first-order valence-corrected chi connectivity index (χ1v) is 10.8. The summed E-state index contributed by atoms with van der Waals surface area (Å²) in [6, 6.07) is 9.61. The maximum atomic E-state index is 14.3. The third kappa shape index (κ3) is 3.97. The van der Waals surface area contributed by atoms with Crippen LogP contribution in [0, 0.1) is 11.6 Å². The van der Waals surface area contributed by atoms with Gasteiger partial charge in [0.25, 0.3) is 0 Å². The molecule has 2 N–H and O–H groups in total. The lowest BCUT2D eigenvalue weighted by Gasteiger charge is -2.35. The van der Waals surface area contributed by atoms with Crippen molar-refractivity contribution in [3.8, 4) is 0 Å². The topological polar surface area (TPSA) is 78.5 Å². The molecule has 0 bridgehead atoms. The monoisotopic (exact) mass is 441 g/mol. The van der Waals surface area contributed by atoms with Crippen LogP contribution in [0.3, 0.4) is 0 Å². The highest BCUT2D eigenvalue weighted by Crippen LogP contribution is 2.37. The first-order valence-electron chi connectivity index (χ1n) is 10.8. The molecule has 0 spiro atoms. The van der Waals surface area contributed by atoms with E-state index in [9.17, 15) is 23.2 Å². The molecule has 2 aromatic carbocycles. The van der Waals surface area contributed by atoms with Gasteiger partial charge in [-0.05, 0) is 49.4 Å². The second-order valence-electron chi connectivity index (χ2n) is 8.34. The SMILES string of the molecule is CCC1(c2ccc(NC(=O)N3CCCC3c3ccc(F)cc3F)cc2)CCC(=O)NC1=O. The number of likely N-dealkylation sites (tertiary alicyclic amines) is 1. The lowest BCUT2D eigenvalue weighted by molar-refractivity contribution is -0.138. The van der Waals surface area contributed by atoms with E-state index >= 15 is 0 Å². The molecule has 6 nitrogen and oxygen atoms in total. The number of hydrogen-bond donors (Lipinski definition) is 2. The van der Waals surface area contributed by atoms with Crippen LogP contribution in [0.15, 0.2) is 42.5 Å². The van der Waals surface area contributed by atoms with Gasteiger partial charge in [-0.1, -0.05) is 25.1 Å². The molecule has 0 aliphatic carbocycles. The quantitative estimate of drug-likeness (QED) is 0.690. The fraction of sp³-hybridized carbons (Fsp3) is 0.375. The number of amides is 4. The lowest BCUT2D eigenvalue weighted by Crippen LogP contribution is -2.51. The van der Waals surface area contributed by atoms with Crippen molar-refractivity contribution in [3.63, 3.8) is 0 Å². The van der Waals surface area contributed by atoms with E-state index < -0.39 is 23.1 Å². The highest BCUT2D eigenvalue weighted by atomic mass is 19.1. The average Bonchev–Trinajstić information content (AvgIpc) is 3.25. The molecule has 2 aromatic rings. The van der Waals surface area contributed by atoms with Gasteiger partial charge in [-0.15, -0.1) is 0 Å². The van der Waals surface area contributed by atoms with E-state index in [4.69, 9.17) is 0 Å². The molecule has 4 rings (SSSR count). The molecule has 2 aliphatic heterocycles. The Balaban J connectivity index is 1.49. The predicted octanol–water partition coefficient (Wildman–Crippen LogP) is 4.42. The van der Waals surface area contributed by atoms with Crippen molar-refractivity contribution < 1.29 is 23.2 Å². The molecular weight excluding hydrogens is 416 g/mol. The number of benzene rings is 2. The molecule has 2 saturated heterocycles. The van der Waals surface area contributed by atoms with Crippen LogP contribution in [-0.2, 0) is 15.0 Å². The first-order chi connectivity index (χ1) is 15.3. The van der Waals surface area contributed by atoms with Gasteiger partial charge >= 0.3 is 6.03 Å². The summed E-state index contributed by atoms with van der Waals surface area (Å²) in [6.07, 6.45) is 2.60. The van der Waals surface area contributed by atoms with Crippen LogP contribution in [0.5, 0.6) is 0 Å². The van der Waals surface area contributed by atoms with Crippen molar-refractivity contribution >= 4 is 23.5 Å². The Hall–Kier alpha value is -3.29. The molecule has 4 amide bonds. The number of nitrogens with zero attached hydrogens (tertiary/aromatic N) is 1. The van der Waals surface area contributed by atoms with Gasteiger partial charge in [0.2, 0.25) is 11.8 Å². The number of hydrogen-bond acceptors (Lipinski definition) is 3. The van der Waals surface area contributed by atoms with E-state index in [1.807, 2.05) is 6.92 Å². The van der Waals surface area contributed by atoms with E-state index in [1.165, 1.54) is 12.1 Å². The van der Waals surface area contributed by atoms with Gasteiger partial charge in [-0.2, -0.15) is 0 Å². The zero-order valence-electron chi connectivity index (χ0n) is 17.8. The van der Waals surface area contributed by atoms with Crippen LogP contribution in [0.1, 0.15) is 56.2 Å². The van der Waals surface area contributed by atoms with Crippen molar-refractivity contribution in [3.05, 3.63) is 65.2 Å². The van der Waals surface area contributed by atoms with Crippen molar-refractivity contribution in [2.24, 2.45) is 0 Å². The van der Waals surface area contributed by atoms with E-state index in [0.29, 0.717) is 37.1 Å². The summed E-state index contributed by atoms with van der Waals surface area (Å²) in [5.74, 6) is -1.87. The molecule has 2 fully saturated rings. The number of halogens is 2. The third-order valence-electron chi connectivity index (χ3n) is 6.59. The number of urea groups is 1. The molecule has 2 heterocycles. The lowest BCUT2D eigenvalue weighted by atomic mass is 9.72. The smallest absolute Gasteiger partial charge is 0.317 e. The maximum Gasteiger partial charge on any atom is 0.322 e. The summed E-state index contributed by atoms with van der Waals surface area (Å²) in [4.78, 5) is 38.5. The second-order valence-corrected chi connectivity index (χ2v) is 8.34. The zero-order chi connectivity index (χ0) is 22.9. The Kier molecular flexibility index (Phi) is 5.95. The number of rotatable bonds is 4. The summed E-state index contributed by atoms with van der Waals surface area (Å²) in [5, 5.41) is 5.25. The number of carbonyl (C=O) groups is 3. The Morgan fingerprint density at radius 3 is 2.59 bits per heavy atom. The summed E-state index contributed by atoms with van der Waals surface area (Å²) < 4.78 is 27.5. The van der Waals surface area contributed by atoms with Gasteiger partial charge in [0.15, 0.2) is 0 Å². The molecule has 168 valence electrons. The molecule has 0 aromatic heterocycles. The van der Waals surface area contributed by atoms with Gasteiger partial charge in [-0.25, -0.2) is 13.6 Å². The highest BCUT2D eigenvalue weighted by molar-refractivity contribution is 6.03. The fourth-order valence-corrected chi connectivity index (χ4v) is 4.74. The molecule has 32 heavy (non-hydrogen) atoms. The number of piperidine rings is 1. The molecule has 8 heteroatoms. The normalized spacial score (nSPS) is 23.2. The van der Waals surface area contributed by atoms with Crippen LogP contribution in [-0.4, -0.2) is 29.3 Å². The number of anilines is 1. The minimum atomic E-state index is -0.767. The van der Waals surface area contributed by atoms with Crippen molar-refractivity contribution in [1.29, 1.82) is 0 Å². The summed E-state index contributed by atoms with van der Waals surface area (Å²) in [5.41, 5.74) is 0.867. The van der Waals surface area contributed by atoms with E-state index in [1.54, 1.807) is 29.2 Å². The Morgan fingerprint density at radius 2 is 1.94 bits per heavy atom. The van der Waals surface area contributed by atoms with Gasteiger partial charge in [0, 0.05) is 30.3 Å². The van der Waals surface area contributed by atoms with Gasteiger partial charge in [0.1, 0.15) is 11.6 Å². The van der Waals surface area contributed by atoms with Crippen LogP contribution in [0.25, 0.3) is 0 Å². The van der Waals surface area contributed by atoms with E-state index in [0.717, 1.165) is 18.1 Å². The van der Waals surface area contributed by atoms with Gasteiger partial charge in [-0.3, -0.25) is 14.9 Å². The van der Waals surface area contributed by atoms with Crippen LogP contribution in [0.2, 0.25) is 0 Å². The minimum absolute atomic E-state index is 0.263. The molecule has 2 unspecified atom stereocenters. The van der Waals surface area contributed by atoms with Crippen molar-refractivity contribution in [2.75, 3.05) is 11.9 Å². The molecule has 0 saturated carbocycles. The molecular formula is C24H25F2N3O3. The molecule has 0 radical (unpaired) electrons. The largest absolute Gasteiger partial charge is 0.322 e. The van der Waals surface area contributed by atoms with Crippen LogP contribution >= 0.6 is 0 Å².